The SMILES string of the molecule is CNS(=O)(=O)c1cc(NC(=O)CCCNC(=O)OC(C)(C)C)ccc1C. The predicted molar refractivity (Wildman–Crippen MR) is 99.5 cm³/mol. The number of hydrogen-bond acceptors (Lipinski definition) is 5. The molecule has 0 fully saturated rings. The van der Waals surface area contributed by atoms with Crippen LogP contribution in [0.3, 0.4) is 0 Å². The number of anilines is 1. The highest BCUT2D eigenvalue weighted by atomic mass is 32.2. The van der Waals surface area contributed by atoms with Gasteiger partial charge in [0.25, 0.3) is 0 Å². The average Bonchev–Trinajstić information content (AvgIpc) is 2.51. The Balaban J connectivity index is 2.52. The molecule has 0 radical (unpaired) electrons. The van der Waals surface area contributed by atoms with Gasteiger partial charge in [-0.2, -0.15) is 0 Å². The van der Waals surface area contributed by atoms with E-state index in [-0.39, 0.29) is 17.2 Å². The maximum atomic E-state index is 12.0. The molecule has 0 unspecified atom stereocenters. The lowest BCUT2D eigenvalue weighted by molar-refractivity contribution is -0.116. The molecule has 0 spiro atoms. The lowest BCUT2D eigenvalue weighted by atomic mass is 10.2. The first-order valence-electron chi connectivity index (χ1n) is 8.25. The maximum absolute atomic E-state index is 12.0. The number of carbonyl (C=O) groups excluding carboxylic acids is 2. The third-order valence-electron chi connectivity index (χ3n) is 3.28. The van der Waals surface area contributed by atoms with Crippen molar-refractivity contribution in [3.63, 3.8) is 0 Å². The van der Waals surface area contributed by atoms with Gasteiger partial charge in [0.2, 0.25) is 15.9 Å². The largest absolute Gasteiger partial charge is 0.444 e. The van der Waals surface area contributed by atoms with Crippen LogP contribution in [0.4, 0.5) is 10.5 Å². The molecule has 0 saturated heterocycles. The summed E-state index contributed by atoms with van der Waals surface area (Å²) in [5.41, 5.74) is 0.409. The molecule has 1 aromatic rings. The van der Waals surface area contributed by atoms with Gasteiger partial charge in [-0.3, -0.25) is 4.79 Å². The van der Waals surface area contributed by atoms with E-state index in [9.17, 15) is 18.0 Å². The summed E-state index contributed by atoms with van der Waals surface area (Å²) >= 11 is 0. The number of aryl methyl sites for hydroxylation is 1. The lowest BCUT2D eigenvalue weighted by Crippen LogP contribution is -2.33. The Bertz CT molecular complexity index is 754. The zero-order valence-corrected chi connectivity index (χ0v) is 16.6. The van der Waals surface area contributed by atoms with Gasteiger partial charge in [0.1, 0.15) is 5.60 Å². The third kappa shape index (κ3) is 7.40. The van der Waals surface area contributed by atoms with Crippen LogP contribution in [0.1, 0.15) is 39.2 Å². The molecule has 0 saturated carbocycles. The summed E-state index contributed by atoms with van der Waals surface area (Å²) in [7, 11) is -2.26. The fraction of sp³-hybridized carbons (Fsp3) is 0.529. The average molecular weight is 385 g/mol. The van der Waals surface area contributed by atoms with Crippen LogP contribution >= 0.6 is 0 Å². The normalized spacial score (nSPS) is 11.7. The molecule has 2 amide bonds. The van der Waals surface area contributed by atoms with Crippen molar-refractivity contribution in [1.29, 1.82) is 0 Å². The van der Waals surface area contributed by atoms with E-state index in [1.165, 1.54) is 13.1 Å². The number of rotatable bonds is 7. The van der Waals surface area contributed by atoms with Crippen molar-refractivity contribution in [2.24, 2.45) is 0 Å². The quantitative estimate of drug-likeness (QED) is 0.622. The van der Waals surface area contributed by atoms with Gasteiger partial charge in [-0.25, -0.2) is 17.9 Å². The second kappa shape index (κ2) is 9.00. The Hall–Kier alpha value is -2.13. The minimum absolute atomic E-state index is 0.115. The van der Waals surface area contributed by atoms with Crippen LogP contribution in [0.5, 0.6) is 0 Å². The van der Waals surface area contributed by atoms with E-state index in [1.807, 2.05) is 0 Å². The van der Waals surface area contributed by atoms with E-state index in [0.29, 0.717) is 24.2 Å². The molecule has 26 heavy (non-hydrogen) atoms. The summed E-state index contributed by atoms with van der Waals surface area (Å²) in [6, 6.07) is 4.68. The molecule has 3 N–H and O–H groups in total. The molecule has 0 aliphatic heterocycles. The fourth-order valence-corrected chi connectivity index (χ4v) is 3.05. The Labute approximate surface area is 154 Å². The molecule has 0 aliphatic rings. The summed E-state index contributed by atoms with van der Waals surface area (Å²) in [5.74, 6) is -0.271. The lowest BCUT2D eigenvalue weighted by Gasteiger charge is -2.19. The van der Waals surface area contributed by atoms with E-state index in [4.69, 9.17) is 4.74 Å². The predicted octanol–water partition coefficient (Wildman–Crippen LogP) is 2.15. The number of alkyl carbamates (subject to hydrolysis) is 1. The smallest absolute Gasteiger partial charge is 0.407 e. The minimum Gasteiger partial charge on any atom is -0.444 e. The summed E-state index contributed by atoms with van der Waals surface area (Å²) in [6.45, 7) is 7.28. The summed E-state index contributed by atoms with van der Waals surface area (Å²) in [4.78, 5) is 23.6. The van der Waals surface area contributed by atoms with Crippen LogP contribution in [0.2, 0.25) is 0 Å². The van der Waals surface area contributed by atoms with Crippen LogP contribution in [-0.2, 0) is 19.6 Å². The molecule has 146 valence electrons. The molecule has 0 aliphatic carbocycles. The molecule has 0 bridgehead atoms. The van der Waals surface area contributed by atoms with Crippen molar-refractivity contribution in [2.45, 2.75) is 51.0 Å². The Morgan fingerprint density at radius 1 is 1.19 bits per heavy atom. The first-order chi connectivity index (χ1) is 11.9. The van der Waals surface area contributed by atoms with Gasteiger partial charge >= 0.3 is 6.09 Å². The number of hydrogen-bond donors (Lipinski definition) is 3. The van der Waals surface area contributed by atoms with Gasteiger partial charge in [0.15, 0.2) is 0 Å². The topological polar surface area (TPSA) is 114 Å². The van der Waals surface area contributed by atoms with E-state index >= 15 is 0 Å². The molecule has 9 heteroatoms. The first kappa shape index (κ1) is 21.9. The highest BCUT2D eigenvalue weighted by Gasteiger charge is 2.17. The van der Waals surface area contributed by atoms with Gasteiger partial charge in [-0.1, -0.05) is 6.07 Å². The molecule has 1 rings (SSSR count). The summed E-state index contributed by atoms with van der Waals surface area (Å²) in [6.07, 6.45) is 0.0782. The Morgan fingerprint density at radius 2 is 1.85 bits per heavy atom. The molecule has 0 atom stereocenters. The third-order valence-corrected chi connectivity index (χ3v) is 4.84. The fourth-order valence-electron chi connectivity index (χ4n) is 2.05. The second-order valence-electron chi connectivity index (χ2n) is 6.77. The van der Waals surface area contributed by atoms with Gasteiger partial charge in [0, 0.05) is 18.7 Å². The van der Waals surface area contributed by atoms with Crippen molar-refractivity contribution < 1.29 is 22.7 Å². The number of amides is 2. The van der Waals surface area contributed by atoms with Gasteiger partial charge in [-0.15, -0.1) is 0 Å². The second-order valence-corrected chi connectivity index (χ2v) is 8.62. The maximum Gasteiger partial charge on any atom is 0.407 e. The van der Waals surface area contributed by atoms with Crippen LogP contribution in [-0.4, -0.2) is 39.6 Å². The molecule has 0 aromatic heterocycles. The molecule has 0 heterocycles. The van der Waals surface area contributed by atoms with Crippen molar-refractivity contribution >= 4 is 27.7 Å². The molecular weight excluding hydrogens is 358 g/mol. The number of carbonyl (C=O) groups is 2. The van der Waals surface area contributed by atoms with Gasteiger partial charge in [-0.05, 0) is 58.9 Å². The van der Waals surface area contributed by atoms with Crippen molar-refractivity contribution in [2.75, 3.05) is 18.9 Å². The number of ether oxygens (including phenoxy) is 1. The number of benzene rings is 1. The summed E-state index contributed by atoms with van der Waals surface area (Å²) < 4.78 is 31.3. The van der Waals surface area contributed by atoms with E-state index in [1.54, 1.807) is 39.8 Å². The van der Waals surface area contributed by atoms with Crippen LogP contribution in [0.25, 0.3) is 0 Å². The number of nitrogens with one attached hydrogen (secondary N) is 3. The van der Waals surface area contributed by atoms with Gasteiger partial charge < -0.3 is 15.4 Å². The highest BCUT2D eigenvalue weighted by Crippen LogP contribution is 2.20. The van der Waals surface area contributed by atoms with Crippen molar-refractivity contribution in [1.82, 2.24) is 10.0 Å². The molecule has 8 nitrogen and oxygen atoms in total. The molecule has 1 aromatic carbocycles. The summed E-state index contributed by atoms with van der Waals surface area (Å²) in [5, 5.41) is 5.23. The first-order valence-corrected chi connectivity index (χ1v) is 9.74. The van der Waals surface area contributed by atoms with Crippen molar-refractivity contribution in [3.05, 3.63) is 23.8 Å². The van der Waals surface area contributed by atoms with E-state index in [2.05, 4.69) is 15.4 Å². The zero-order chi connectivity index (χ0) is 20.0. The van der Waals surface area contributed by atoms with Gasteiger partial charge in [0.05, 0.1) is 4.90 Å². The molecular formula is C17H27N3O5S. The standard InChI is InChI=1S/C17H27N3O5S/c1-12-8-9-13(11-14(12)26(23,24)18-5)20-15(21)7-6-10-19-16(22)25-17(2,3)4/h8-9,11,18H,6-7,10H2,1-5H3,(H,19,22)(H,20,21). The zero-order valence-electron chi connectivity index (χ0n) is 15.8. The van der Waals surface area contributed by atoms with Crippen LogP contribution < -0.4 is 15.4 Å². The minimum atomic E-state index is -3.60. The Morgan fingerprint density at radius 3 is 2.42 bits per heavy atom. The van der Waals surface area contributed by atoms with E-state index in [0.717, 1.165) is 0 Å². The van der Waals surface area contributed by atoms with Crippen molar-refractivity contribution in [3.8, 4) is 0 Å². The monoisotopic (exact) mass is 385 g/mol. The Kier molecular flexibility index (Phi) is 7.58. The van der Waals surface area contributed by atoms with Crippen LogP contribution in [0, 0.1) is 6.92 Å². The highest BCUT2D eigenvalue weighted by molar-refractivity contribution is 7.89. The number of sulfonamides is 1. The van der Waals surface area contributed by atoms with Crippen LogP contribution in [0.15, 0.2) is 23.1 Å². The van der Waals surface area contributed by atoms with E-state index < -0.39 is 21.7 Å².